The zero-order valence-electron chi connectivity index (χ0n) is 16.8. The number of nitrogens with zero attached hydrogens (tertiary/aromatic N) is 5. The van der Waals surface area contributed by atoms with Gasteiger partial charge in [0.05, 0.1) is 16.7 Å². The summed E-state index contributed by atoms with van der Waals surface area (Å²) < 4.78 is 16.4. The lowest BCUT2D eigenvalue weighted by Crippen LogP contribution is -2.03. The molecule has 0 amide bonds. The second kappa shape index (κ2) is 7.56. The molecule has 2 aliphatic rings. The molecule has 2 aliphatic carbocycles. The number of thiophene rings is 1. The Morgan fingerprint density at radius 1 is 1.13 bits per heavy atom. The molecule has 158 valence electrons. The average molecular weight is 453 g/mol. The number of rotatable bonds is 5. The number of anilines is 1. The summed E-state index contributed by atoms with van der Waals surface area (Å²) in [7, 11) is 0. The van der Waals surface area contributed by atoms with Crippen LogP contribution in [0.15, 0.2) is 29.4 Å². The van der Waals surface area contributed by atoms with Crippen LogP contribution in [0.3, 0.4) is 0 Å². The number of aromatic nitrogens is 5. The van der Waals surface area contributed by atoms with E-state index in [0.29, 0.717) is 34.8 Å². The first-order chi connectivity index (χ1) is 15.2. The van der Waals surface area contributed by atoms with Gasteiger partial charge in [-0.3, -0.25) is 4.57 Å². The SMILES string of the molecule is Nc1nc(CSc2nnc(-c3ccccc3F)n2C2CC2)nc2sc3c(c12)CCCC3. The minimum Gasteiger partial charge on any atom is -0.383 e. The molecule has 4 aromatic rings. The van der Waals surface area contributed by atoms with Crippen LogP contribution in [0.4, 0.5) is 10.2 Å². The highest BCUT2D eigenvalue weighted by Crippen LogP contribution is 2.42. The molecular weight excluding hydrogens is 431 g/mol. The lowest BCUT2D eigenvalue weighted by Gasteiger charge is -2.11. The van der Waals surface area contributed by atoms with Crippen LogP contribution in [-0.4, -0.2) is 24.7 Å². The summed E-state index contributed by atoms with van der Waals surface area (Å²) in [6.45, 7) is 0. The number of nitrogens with two attached hydrogens (primary N) is 1. The van der Waals surface area contributed by atoms with Crippen molar-refractivity contribution in [3.8, 4) is 11.4 Å². The number of hydrogen-bond donors (Lipinski definition) is 1. The maximum absolute atomic E-state index is 14.4. The lowest BCUT2D eigenvalue weighted by atomic mass is 9.97. The molecule has 2 N–H and O–H groups in total. The van der Waals surface area contributed by atoms with Crippen LogP contribution in [0.2, 0.25) is 0 Å². The molecule has 6 rings (SSSR count). The Balaban J connectivity index is 1.31. The molecule has 0 atom stereocenters. The first-order valence-electron chi connectivity index (χ1n) is 10.6. The van der Waals surface area contributed by atoms with E-state index in [9.17, 15) is 4.39 Å². The zero-order chi connectivity index (χ0) is 20.9. The first-order valence-corrected chi connectivity index (χ1v) is 12.4. The molecular formula is C22H21FN6S2. The molecule has 6 nitrogen and oxygen atoms in total. The summed E-state index contributed by atoms with van der Waals surface area (Å²) in [4.78, 5) is 11.8. The van der Waals surface area contributed by atoms with Crippen LogP contribution in [-0.2, 0) is 18.6 Å². The Morgan fingerprint density at radius 3 is 2.81 bits per heavy atom. The Labute approximate surface area is 187 Å². The summed E-state index contributed by atoms with van der Waals surface area (Å²) >= 11 is 3.29. The summed E-state index contributed by atoms with van der Waals surface area (Å²) in [5.74, 6) is 2.13. The highest BCUT2D eigenvalue weighted by Gasteiger charge is 2.31. The van der Waals surface area contributed by atoms with Crippen molar-refractivity contribution in [3.05, 3.63) is 46.3 Å². The van der Waals surface area contributed by atoms with Gasteiger partial charge in [0.2, 0.25) is 0 Å². The summed E-state index contributed by atoms with van der Waals surface area (Å²) in [5.41, 5.74) is 8.19. The van der Waals surface area contributed by atoms with E-state index >= 15 is 0 Å². The fourth-order valence-electron chi connectivity index (χ4n) is 4.29. The average Bonchev–Trinajstić information content (AvgIpc) is 3.40. The molecule has 3 aromatic heterocycles. The monoisotopic (exact) mass is 452 g/mol. The lowest BCUT2D eigenvalue weighted by molar-refractivity contribution is 0.622. The molecule has 1 saturated carbocycles. The smallest absolute Gasteiger partial charge is 0.192 e. The van der Waals surface area contributed by atoms with Crippen molar-refractivity contribution in [1.82, 2.24) is 24.7 Å². The van der Waals surface area contributed by atoms with Gasteiger partial charge in [0.1, 0.15) is 22.3 Å². The van der Waals surface area contributed by atoms with Gasteiger partial charge in [0, 0.05) is 10.9 Å². The van der Waals surface area contributed by atoms with E-state index in [1.165, 1.54) is 41.1 Å². The number of fused-ring (bicyclic) bond motifs is 3. The van der Waals surface area contributed by atoms with Gasteiger partial charge in [-0.1, -0.05) is 23.9 Å². The maximum atomic E-state index is 14.4. The van der Waals surface area contributed by atoms with Gasteiger partial charge < -0.3 is 5.73 Å². The third kappa shape index (κ3) is 3.40. The van der Waals surface area contributed by atoms with Crippen molar-refractivity contribution in [2.45, 2.75) is 55.5 Å². The second-order valence-electron chi connectivity index (χ2n) is 8.09. The largest absolute Gasteiger partial charge is 0.383 e. The Kier molecular flexibility index (Phi) is 4.68. The highest BCUT2D eigenvalue weighted by molar-refractivity contribution is 7.98. The van der Waals surface area contributed by atoms with Gasteiger partial charge >= 0.3 is 0 Å². The van der Waals surface area contributed by atoms with Crippen molar-refractivity contribution in [1.29, 1.82) is 0 Å². The predicted octanol–water partition coefficient (Wildman–Crippen LogP) is 5.18. The number of nitrogen functional groups attached to an aromatic ring is 1. The molecule has 0 radical (unpaired) electrons. The summed E-state index contributed by atoms with van der Waals surface area (Å²) in [6, 6.07) is 7.05. The Bertz CT molecular complexity index is 1290. The highest BCUT2D eigenvalue weighted by atomic mass is 32.2. The normalized spacial score (nSPS) is 16.0. The van der Waals surface area contributed by atoms with Gasteiger partial charge in [0.25, 0.3) is 0 Å². The Hall–Kier alpha value is -2.52. The van der Waals surface area contributed by atoms with Crippen LogP contribution < -0.4 is 5.73 Å². The minimum atomic E-state index is -0.281. The number of thioether (sulfide) groups is 1. The molecule has 0 aliphatic heterocycles. The van der Waals surface area contributed by atoms with Crippen molar-refractivity contribution in [2.24, 2.45) is 0 Å². The van der Waals surface area contributed by atoms with E-state index in [2.05, 4.69) is 19.7 Å². The van der Waals surface area contributed by atoms with Crippen LogP contribution in [0.25, 0.3) is 21.6 Å². The van der Waals surface area contributed by atoms with E-state index < -0.39 is 0 Å². The zero-order valence-corrected chi connectivity index (χ0v) is 18.5. The predicted molar refractivity (Wildman–Crippen MR) is 122 cm³/mol. The molecule has 1 aromatic carbocycles. The van der Waals surface area contributed by atoms with Crippen LogP contribution >= 0.6 is 23.1 Å². The quantitative estimate of drug-likeness (QED) is 0.420. The standard InChI is InChI=1S/C22H21FN6S2/c23-15-7-3-1-5-13(15)20-27-28-22(29(20)12-9-10-12)30-11-17-25-19(24)18-14-6-2-4-8-16(14)31-21(18)26-17/h1,3,5,7,12H,2,4,6,8-11H2,(H2,24,25,26). The van der Waals surface area contributed by atoms with Crippen molar-refractivity contribution in [3.63, 3.8) is 0 Å². The van der Waals surface area contributed by atoms with Crippen molar-refractivity contribution in [2.75, 3.05) is 5.73 Å². The van der Waals surface area contributed by atoms with Gasteiger partial charge in [-0.2, -0.15) is 0 Å². The molecule has 1 fully saturated rings. The number of halogens is 1. The van der Waals surface area contributed by atoms with Gasteiger partial charge in [0.15, 0.2) is 11.0 Å². The van der Waals surface area contributed by atoms with E-state index in [1.54, 1.807) is 23.5 Å². The fourth-order valence-corrected chi connectivity index (χ4v) is 6.44. The topological polar surface area (TPSA) is 82.5 Å². The summed E-state index contributed by atoms with van der Waals surface area (Å²) in [6.07, 6.45) is 6.74. The van der Waals surface area contributed by atoms with Crippen LogP contribution in [0, 0.1) is 5.82 Å². The van der Waals surface area contributed by atoms with Gasteiger partial charge in [-0.05, 0) is 56.2 Å². The molecule has 0 unspecified atom stereocenters. The molecule has 0 saturated heterocycles. The van der Waals surface area contributed by atoms with E-state index in [4.69, 9.17) is 10.7 Å². The van der Waals surface area contributed by atoms with E-state index in [-0.39, 0.29) is 5.82 Å². The minimum absolute atomic E-state index is 0.281. The van der Waals surface area contributed by atoms with E-state index in [0.717, 1.165) is 41.1 Å². The first kappa shape index (κ1) is 19.2. The number of benzene rings is 1. The Morgan fingerprint density at radius 2 is 1.97 bits per heavy atom. The second-order valence-corrected chi connectivity index (χ2v) is 10.1. The maximum Gasteiger partial charge on any atom is 0.192 e. The molecule has 0 bridgehead atoms. The van der Waals surface area contributed by atoms with Crippen LogP contribution in [0.1, 0.15) is 48.0 Å². The number of hydrogen-bond acceptors (Lipinski definition) is 7. The summed E-state index contributed by atoms with van der Waals surface area (Å²) in [5, 5.41) is 10.5. The fraction of sp³-hybridized carbons (Fsp3) is 0.364. The van der Waals surface area contributed by atoms with Crippen molar-refractivity contribution >= 4 is 39.1 Å². The molecule has 31 heavy (non-hydrogen) atoms. The number of aryl methyl sites for hydroxylation is 2. The van der Waals surface area contributed by atoms with Gasteiger partial charge in [-0.15, -0.1) is 21.5 Å². The molecule has 0 spiro atoms. The van der Waals surface area contributed by atoms with Crippen molar-refractivity contribution < 1.29 is 4.39 Å². The third-order valence-electron chi connectivity index (χ3n) is 5.91. The van der Waals surface area contributed by atoms with Crippen LogP contribution in [0.5, 0.6) is 0 Å². The molecule has 9 heteroatoms. The van der Waals surface area contributed by atoms with Gasteiger partial charge in [-0.25, -0.2) is 14.4 Å². The van der Waals surface area contributed by atoms with E-state index in [1.807, 2.05) is 6.07 Å². The third-order valence-corrected chi connectivity index (χ3v) is 8.04. The molecule has 3 heterocycles.